The molecule has 0 saturated carbocycles. The average Bonchev–Trinajstić information content (AvgIpc) is 3.44. The molecule has 0 radical (unpaired) electrons. The third-order valence-electron chi connectivity index (χ3n) is 6.88. The summed E-state index contributed by atoms with van der Waals surface area (Å²) < 4.78 is 5.63. The van der Waals surface area contributed by atoms with Crippen LogP contribution in [0.2, 0.25) is 0 Å². The van der Waals surface area contributed by atoms with Crippen LogP contribution < -0.4 is 5.32 Å². The summed E-state index contributed by atoms with van der Waals surface area (Å²) in [7, 11) is 0. The van der Waals surface area contributed by atoms with Crippen molar-refractivity contribution >= 4 is 18.0 Å². The standard InChI is InChI=1S/C27H32N2O5/c1-2-7-24(26(32)29-15-14-18(16-29)12-13-25(30)31)28-27(33)34-17-23-21-10-5-3-8-19(21)20-9-4-6-11-22(20)23/h3-6,8-11,18,23-24H,2,7,12-17H2,1H3,(H,28,33)(H,30,31)/t18?,24-/m1/s1. The molecule has 34 heavy (non-hydrogen) atoms. The number of likely N-dealkylation sites (tertiary alicyclic amines) is 1. The Morgan fingerprint density at radius 1 is 1.09 bits per heavy atom. The molecule has 7 heteroatoms. The van der Waals surface area contributed by atoms with Crippen molar-refractivity contribution in [1.29, 1.82) is 0 Å². The third kappa shape index (κ3) is 5.24. The van der Waals surface area contributed by atoms with E-state index in [9.17, 15) is 14.4 Å². The molecular weight excluding hydrogens is 432 g/mol. The Morgan fingerprint density at radius 2 is 1.74 bits per heavy atom. The quantitative estimate of drug-likeness (QED) is 0.573. The molecular formula is C27H32N2O5. The lowest BCUT2D eigenvalue weighted by Crippen LogP contribution is -2.48. The molecule has 2 aliphatic rings. The number of carboxylic acid groups (broad SMARTS) is 1. The summed E-state index contributed by atoms with van der Waals surface area (Å²) in [5, 5.41) is 11.7. The normalized spacial score (nSPS) is 17.7. The Balaban J connectivity index is 1.35. The van der Waals surface area contributed by atoms with Crippen LogP contribution in [0.15, 0.2) is 48.5 Å². The van der Waals surface area contributed by atoms with Gasteiger partial charge < -0.3 is 20.1 Å². The lowest BCUT2D eigenvalue weighted by molar-refractivity contribution is -0.137. The maximum absolute atomic E-state index is 13.1. The van der Waals surface area contributed by atoms with Gasteiger partial charge in [-0.15, -0.1) is 0 Å². The second-order valence-electron chi connectivity index (χ2n) is 9.18. The molecule has 7 nitrogen and oxygen atoms in total. The zero-order valence-electron chi connectivity index (χ0n) is 19.5. The minimum absolute atomic E-state index is 0.0351. The highest BCUT2D eigenvalue weighted by Gasteiger charge is 2.33. The van der Waals surface area contributed by atoms with Crippen LogP contribution in [0.1, 0.15) is 56.1 Å². The highest BCUT2D eigenvalue weighted by Crippen LogP contribution is 2.44. The van der Waals surface area contributed by atoms with E-state index in [1.165, 1.54) is 0 Å². The number of aliphatic carboxylic acids is 1. The van der Waals surface area contributed by atoms with Gasteiger partial charge in [0.1, 0.15) is 12.6 Å². The van der Waals surface area contributed by atoms with E-state index in [4.69, 9.17) is 9.84 Å². The molecule has 2 aromatic rings. The van der Waals surface area contributed by atoms with Crippen LogP contribution in [0, 0.1) is 5.92 Å². The van der Waals surface area contributed by atoms with E-state index in [2.05, 4.69) is 29.6 Å². The van der Waals surface area contributed by atoms with Gasteiger partial charge in [-0.1, -0.05) is 61.9 Å². The first-order valence-electron chi connectivity index (χ1n) is 12.1. The highest BCUT2D eigenvalue weighted by molar-refractivity contribution is 5.86. The second kappa shape index (κ2) is 10.7. The highest BCUT2D eigenvalue weighted by atomic mass is 16.5. The number of ether oxygens (including phenoxy) is 1. The Morgan fingerprint density at radius 3 is 2.35 bits per heavy atom. The molecule has 1 fully saturated rings. The first-order chi connectivity index (χ1) is 16.5. The Bertz CT molecular complexity index is 1010. The Hall–Kier alpha value is -3.35. The SMILES string of the molecule is CCC[C@@H](NC(=O)OCC1c2ccccc2-c2ccccc21)C(=O)N1CCC(CCC(=O)O)C1. The number of benzene rings is 2. The number of alkyl carbamates (subject to hydrolysis) is 1. The van der Waals surface area contributed by atoms with E-state index < -0.39 is 18.1 Å². The van der Waals surface area contributed by atoms with E-state index in [0.717, 1.165) is 35.1 Å². The lowest BCUT2D eigenvalue weighted by Gasteiger charge is -2.24. The van der Waals surface area contributed by atoms with Gasteiger partial charge in [0.25, 0.3) is 0 Å². The number of rotatable bonds is 9. The van der Waals surface area contributed by atoms with E-state index >= 15 is 0 Å². The average molecular weight is 465 g/mol. The first kappa shape index (κ1) is 23.8. The van der Waals surface area contributed by atoms with Gasteiger partial charge in [0.05, 0.1) is 0 Å². The minimum Gasteiger partial charge on any atom is -0.481 e. The van der Waals surface area contributed by atoms with Gasteiger partial charge in [0.15, 0.2) is 0 Å². The summed E-state index contributed by atoms with van der Waals surface area (Å²) in [5.41, 5.74) is 4.61. The first-order valence-corrected chi connectivity index (χ1v) is 12.1. The van der Waals surface area contributed by atoms with Gasteiger partial charge in [-0.05, 0) is 47.4 Å². The third-order valence-corrected chi connectivity index (χ3v) is 6.88. The molecule has 180 valence electrons. The van der Waals surface area contributed by atoms with Crippen LogP contribution in [-0.2, 0) is 14.3 Å². The number of hydrogen-bond acceptors (Lipinski definition) is 4. The summed E-state index contributed by atoms with van der Waals surface area (Å²) in [4.78, 5) is 38.4. The number of carbonyl (C=O) groups excluding carboxylic acids is 2. The van der Waals surface area contributed by atoms with Gasteiger partial charge >= 0.3 is 12.1 Å². The van der Waals surface area contributed by atoms with Gasteiger partial charge in [-0.3, -0.25) is 9.59 Å². The van der Waals surface area contributed by atoms with Gasteiger partial charge in [0, 0.05) is 25.4 Å². The van der Waals surface area contributed by atoms with Crippen LogP contribution in [0.3, 0.4) is 0 Å². The molecule has 2 N–H and O–H groups in total. The predicted octanol–water partition coefficient (Wildman–Crippen LogP) is 4.41. The fourth-order valence-corrected chi connectivity index (χ4v) is 5.14. The molecule has 1 aliphatic carbocycles. The van der Waals surface area contributed by atoms with Crippen LogP contribution in [0.5, 0.6) is 0 Å². The number of hydrogen-bond donors (Lipinski definition) is 2. The van der Waals surface area contributed by atoms with Crippen molar-refractivity contribution in [1.82, 2.24) is 10.2 Å². The van der Waals surface area contributed by atoms with Crippen molar-refractivity contribution in [3.05, 3.63) is 59.7 Å². The largest absolute Gasteiger partial charge is 0.481 e. The fraction of sp³-hybridized carbons (Fsp3) is 0.444. The second-order valence-corrected chi connectivity index (χ2v) is 9.18. The fourth-order valence-electron chi connectivity index (χ4n) is 5.14. The van der Waals surface area contributed by atoms with Crippen molar-refractivity contribution < 1.29 is 24.2 Å². The summed E-state index contributed by atoms with van der Waals surface area (Å²) in [6.07, 6.45) is 2.16. The van der Waals surface area contributed by atoms with Crippen molar-refractivity contribution in [2.45, 2.75) is 51.0 Å². The molecule has 0 bridgehead atoms. The summed E-state index contributed by atoms with van der Waals surface area (Å²) >= 11 is 0. The molecule has 4 rings (SSSR count). The van der Waals surface area contributed by atoms with Crippen molar-refractivity contribution in [3.8, 4) is 11.1 Å². The summed E-state index contributed by atoms with van der Waals surface area (Å²) in [5.74, 6) is -0.775. The molecule has 1 unspecified atom stereocenters. The summed E-state index contributed by atoms with van der Waals surface area (Å²) in [6, 6.07) is 15.7. The smallest absolute Gasteiger partial charge is 0.407 e. The molecule has 1 aliphatic heterocycles. The van der Waals surface area contributed by atoms with E-state index in [-0.39, 0.29) is 30.8 Å². The maximum atomic E-state index is 13.1. The van der Waals surface area contributed by atoms with Crippen LogP contribution in [0.4, 0.5) is 4.79 Å². The maximum Gasteiger partial charge on any atom is 0.407 e. The minimum atomic E-state index is -0.814. The zero-order valence-corrected chi connectivity index (χ0v) is 19.5. The number of nitrogens with one attached hydrogen (secondary N) is 1. The lowest BCUT2D eigenvalue weighted by atomic mass is 9.98. The number of nitrogens with zero attached hydrogens (tertiary/aromatic N) is 1. The molecule has 0 spiro atoms. The Labute approximate surface area is 200 Å². The Kier molecular flexibility index (Phi) is 7.50. The van der Waals surface area contributed by atoms with Gasteiger partial charge in [-0.2, -0.15) is 0 Å². The number of carbonyl (C=O) groups is 3. The van der Waals surface area contributed by atoms with Gasteiger partial charge in [-0.25, -0.2) is 4.79 Å². The van der Waals surface area contributed by atoms with E-state index in [0.29, 0.717) is 25.9 Å². The van der Waals surface area contributed by atoms with Gasteiger partial charge in [0.2, 0.25) is 5.91 Å². The van der Waals surface area contributed by atoms with E-state index in [1.807, 2.05) is 31.2 Å². The molecule has 2 atom stereocenters. The van der Waals surface area contributed by atoms with E-state index in [1.54, 1.807) is 4.90 Å². The number of amides is 2. The van der Waals surface area contributed by atoms with Crippen molar-refractivity contribution in [3.63, 3.8) is 0 Å². The van der Waals surface area contributed by atoms with Crippen molar-refractivity contribution in [2.75, 3.05) is 19.7 Å². The van der Waals surface area contributed by atoms with Crippen molar-refractivity contribution in [2.24, 2.45) is 5.92 Å². The monoisotopic (exact) mass is 464 g/mol. The predicted molar refractivity (Wildman–Crippen MR) is 128 cm³/mol. The van der Waals surface area contributed by atoms with Crippen LogP contribution >= 0.6 is 0 Å². The summed E-state index contributed by atoms with van der Waals surface area (Å²) in [6.45, 7) is 3.31. The topological polar surface area (TPSA) is 95.9 Å². The van der Waals surface area contributed by atoms with Crippen LogP contribution in [0.25, 0.3) is 11.1 Å². The molecule has 1 saturated heterocycles. The number of carboxylic acids is 1. The van der Waals surface area contributed by atoms with Crippen LogP contribution in [-0.4, -0.2) is 53.7 Å². The molecule has 1 heterocycles. The molecule has 0 aromatic heterocycles. The zero-order chi connectivity index (χ0) is 24.1. The molecule has 2 aromatic carbocycles. The number of fused-ring (bicyclic) bond motifs is 3. The molecule has 2 amide bonds.